The molecule has 5 atom stereocenters. The molecule has 194 valence electrons. The number of nitrogens with zero attached hydrogens (tertiary/aromatic N) is 3. The monoisotopic (exact) mass is 491 g/mol. The van der Waals surface area contributed by atoms with E-state index >= 15 is 0 Å². The second-order valence-electron chi connectivity index (χ2n) is 11.9. The Morgan fingerprint density at radius 2 is 1.67 bits per heavy atom. The Morgan fingerprint density at radius 3 is 2.39 bits per heavy atom. The molecule has 6 nitrogen and oxygen atoms in total. The smallest absolute Gasteiger partial charge is 0.305 e. The van der Waals surface area contributed by atoms with Gasteiger partial charge in [-0.1, -0.05) is 31.4 Å². The van der Waals surface area contributed by atoms with Crippen molar-refractivity contribution in [2.75, 3.05) is 6.61 Å². The number of hydrogen-bond acceptors (Lipinski definition) is 5. The lowest BCUT2D eigenvalue weighted by molar-refractivity contribution is -0.143. The molecule has 2 aliphatic heterocycles. The zero-order valence-electron chi connectivity index (χ0n) is 21.7. The van der Waals surface area contributed by atoms with Gasteiger partial charge in [-0.2, -0.15) is 0 Å². The number of piperidine rings is 1. The lowest BCUT2D eigenvalue weighted by atomic mass is 9.69. The van der Waals surface area contributed by atoms with Crippen LogP contribution >= 0.6 is 0 Å². The number of ether oxygens (including phenoxy) is 1. The quantitative estimate of drug-likeness (QED) is 0.484. The molecule has 6 heteroatoms. The molecule has 1 aromatic carbocycles. The zero-order valence-corrected chi connectivity index (χ0v) is 21.7. The largest absolute Gasteiger partial charge is 0.466 e. The van der Waals surface area contributed by atoms with Crippen molar-refractivity contribution in [1.29, 1.82) is 0 Å². The van der Waals surface area contributed by atoms with Crippen LogP contribution in [0.15, 0.2) is 29.1 Å². The molecule has 0 N–H and O–H groups in total. The Balaban J connectivity index is 1.24. The van der Waals surface area contributed by atoms with Crippen molar-refractivity contribution in [2.24, 2.45) is 11.8 Å². The van der Waals surface area contributed by atoms with Gasteiger partial charge in [-0.05, 0) is 88.7 Å². The van der Waals surface area contributed by atoms with Crippen molar-refractivity contribution < 1.29 is 9.53 Å². The van der Waals surface area contributed by atoms with Crippen molar-refractivity contribution in [3.63, 3.8) is 0 Å². The van der Waals surface area contributed by atoms with E-state index in [-0.39, 0.29) is 17.6 Å². The Morgan fingerprint density at radius 1 is 0.944 bits per heavy atom. The molecule has 4 bridgehead atoms. The van der Waals surface area contributed by atoms with E-state index in [0.29, 0.717) is 43.6 Å². The van der Waals surface area contributed by atoms with Gasteiger partial charge in [0, 0.05) is 30.6 Å². The number of esters is 1. The van der Waals surface area contributed by atoms with Gasteiger partial charge < -0.3 is 9.30 Å². The summed E-state index contributed by atoms with van der Waals surface area (Å²) in [6, 6.07) is 10.3. The summed E-state index contributed by atoms with van der Waals surface area (Å²) in [4.78, 5) is 33.3. The second kappa shape index (κ2) is 10.3. The lowest BCUT2D eigenvalue weighted by Gasteiger charge is -2.49. The molecule has 0 radical (unpaired) electrons. The van der Waals surface area contributed by atoms with E-state index in [9.17, 15) is 9.59 Å². The van der Waals surface area contributed by atoms with Crippen LogP contribution in [-0.2, 0) is 16.0 Å². The van der Waals surface area contributed by atoms with Gasteiger partial charge in [-0.3, -0.25) is 14.5 Å². The summed E-state index contributed by atoms with van der Waals surface area (Å²) in [7, 11) is 0. The number of carbonyl (C=O) groups is 1. The highest BCUT2D eigenvalue weighted by Crippen LogP contribution is 2.48. The standard InChI is InChI=1S/C30H41N3O3/c1-2-36-29(34)12-6-10-27-30(35)33(28-11-4-3-9-26(28)31-27)25-18-22-13-14-23(19-25)32(22)24-16-20-7-5-8-21(15-20)17-24/h3-4,9,11,20-25H,2,5-8,10,12-19H2,1H3/t20?,21?,22-,23?,24?,25?/m1/s1. The normalized spacial score (nSPS) is 32.0. The number of rotatable bonds is 7. The first-order valence-electron chi connectivity index (χ1n) is 14.5. The fraction of sp³-hybridized carbons (Fsp3) is 0.700. The van der Waals surface area contributed by atoms with E-state index in [1.807, 2.05) is 25.1 Å². The molecule has 6 rings (SSSR count). The number of hydrogen-bond donors (Lipinski definition) is 0. The molecule has 4 aliphatic rings. The van der Waals surface area contributed by atoms with Crippen LogP contribution in [0.5, 0.6) is 0 Å². The van der Waals surface area contributed by atoms with E-state index in [0.717, 1.165) is 41.8 Å². The molecule has 4 fully saturated rings. The first kappa shape index (κ1) is 24.1. The van der Waals surface area contributed by atoms with Crippen LogP contribution in [0, 0.1) is 11.8 Å². The highest BCUT2D eigenvalue weighted by molar-refractivity contribution is 5.75. The molecular weight excluding hydrogens is 450 g/mol. The molecule has 1 aromatic heterocycles. The van der Waals surface area contributed by atoms with Crippen molar-refractivity contribution >= 4 is 17.0 Å². The number of aromatic nitrogens is 2. The summed E-state index contributed by atoms with van der Waals surface area (Å²) in [5, 5.41) is 0. The fourth-order valence-electron chi connectivity index (χ4n) is 8.29. The van der Waals surface area contributed by atoms with Crippen LogP contribution in [0.4, 0.5) is 0 Å². The van der Waals surface area contributed by atoms with Gasteiger partial charge in [0.15, 0.2) is 0 Å². The van der Waals surface area contributed by atoms with Crippen molar-refractivity contribution in [2.45, 2.75) is 115 Å². The van der Waals surface area contributed by atoms with Crippen LogP contribution in [-0.4, -0.2) is 45.2 Å². The highest BCUT2D eigenvalue weighted by atomic mass is 16.5. The molecule has 36 heavy (non-hydrogen) atoms. The summed E-state index contributed by atoms with van der Waals surface area (Å²) >= 11 is 0. The van der Waals surface area contributed by atoms with Gasteiger partial charge in [-0.15, -0.1) is 0 Å². The third-order valence-corrected chi connectivity index (χ3v) is 9.62. The number of benzene rings is 1. The maximum atomic E-state index is 13.8. The molecule has 0 amide bonds. The number of aryl methyl sites for hydroxylation is 1. The molecule has 2 saturated carbocycles. The van der Waals surface area contributed by atoms with Crippen LogP contribution in [0.3, 0.4) is 0 Å². The zero-order chi connectivity index (χ0) is 24.6. The maximum Gasteiger partial charge on any atom is 0.305 e. The van der Waals surface area contributed by atoms with E-state index in [1.54, 1.807) is 0 Å². The maximum absolute atomic E-state index is 13.8. The Bertz CT molecular complexity index is 1130. The molecule has 2 aliphatic carbocycles. The Labute approximate surface area is 214 Å². The number of para-hydroxylation sites is 2. The van der Waals surface area contributed by atoms with Crippen LogP contribution in [0.25, 0.3) is 11.0 Å². The first-order chi connectivity index (χ1) is 17.6. The summed E-state index contributed by atoms with van der Waals surface area (Å²) in [5.41, 5.74) is 2.48. The topological polar surface area (TPSA) is 64.4 Å². The number of fused-ring (bicyclic) bond motifs is 5. The predicted octanol–water partition coefficient (Wildman–Crippen LogP) is 5.42. The molecule has 3 heterocycles. The predicted molar refractivity (Wildman–Crippen MR) is 141 cm³/mol. The molecule has 2 saturated heterocycles. The van der Waals surface area contributed by atoms with Gasteiger partial charge in [0.25, 0.3) is 5.56 Å². The number of carbonyl (C=O) groups excluding carboxylic acids is 1. The van der Waals surface area contributed by atoms with E-state index in [2.05, 4.69) is 15.5 Å². The SMILES string of the molecule is CCOC(=O)CCCc1nc2ccccc2n(C2CC3CC[C@H](C2)N3C2CC3CCCC(C3)C2)c1=O. The summed E-state index contributed by atoms with van der Waals surface area (Å²) < 4.78 is 7.15. The Kier molecular flexibility index (Phi) is 6.89. The minimum Gasteiger partial charge on any atom is -0.466 e. The van der Waals surface area contributed by atoms with E-state index in [4.69, 9.17) is 9.72 Å². The lowest BCUT2D eigenvalue weighted by Crippen LogP contribution is -2.52. The van der Waals surface area contributed by atoms with Gasteiger partial charge in [0.05, 0.1) is 17.6 Å². The van der Waals surface area contributed by atoms with Crippen LogP contribution < -0.4 is 5.56 Å². The Hall–Kier alpha value is -2.21. The van der Waals surface area contributed by atoms with Gasteiger partial charge >= 0.3 is 5.97 Å². The van der Waals surface area contributed by atoms with E-state index < -0.39 is 0 Å². The van der Waals surface area contributed by atoms with E-state index in [1.165, 1.54) is 51.4 Å². The first-order valence-corrected chi connectivity index (χ1v) is 14.5. The molecule has 0 spiro atoms. The van der Waals surface area contributed by atoms with Crippen LogP contribution in [0.2, 0.25) is 0 Å². The molecular formula is C30H41N3O3. The van der Waals surface area contributed by atoms with Gasteiger partial charge in [0.2, 0.25) is 0 Å². The molecule has 2 aromatic rings. The summed E-state index contributed by atoms with van der Waals surface area (Å²) in [6.45, 7) is 2.21. The molecule has 4 unspecified atom stereocenters. The van der Waals surface area contributed by atoms with Crippen molar-refractivity contribution in [3.05, 3.63) is 40.3 Å². The van der Waals surface area contributed by atoms with Crippen molar-refractivity contribution in [1.82, 2.24) is 14.5 Å². The summed E-state index contributed by atoms with van der Waals surface area (Å²) in [5.74, 6) is 1.70. The summed E-state index contributed by atoms with van der Waals surface area (Å²) in [6.07, 6.45) is 14.7. The van der Waals surface area contributed by atoms with Crippen molar-refractivity contribution in [3.8, 4) is 0 Å². The van der Waals surface area contributed by atoms with Gasteiger partial charge in [-0.25, -0.2) is 4.98 Å². The third-order valence-electron chi connectivity index (χ3n) is 9.62. The minimum atomic E-state index is -0.200. The van der Waals surface area contributed by atoms with Gasteiger partial charge in [0.1, 0.15) is 5.69 Å². The third kappa shape index (κ3) is 4.62. The highest BCUT2D eigenvalue weighted by Gasteiger charge is 2.47. The second-order valence-corrected chi connectivity index (χ2v) is 11.9. The van der Waals surface area contributed by atoms with Crippen LogP contribution in [0.1, 0.15) is 95.7 Å². The minimum absolute atomic E-state index is 0.0441. The fourth-order valence-corrected chi connectivity index (χ4v) is 8.29. The average molecular weight is 492 g/mol. The average Bonchev–Trinajstić information content (AvgIpc) is 3.14.